The van der Waals surface area contributed by atoms with Crippen molar-refractivity contribution in [3.05, 3.63) is 52.4 Å². The van der Waals surface area contributed by atoms with E-state index in [2.05, 4.69) is 36.2 Å². The Morgan fingerprint density at radius 3 is 2.84 bits per heavy atom. The van der Waals surface area contributed by atoms with Crippen molar-refractivity contribution < 1.29 is 0 Å². The Labute approximate surface area is 122 Å². The van der Waals surface area contributed by atoms with Gasteiger partial charge >= 0.3 is 0 Å². The maximum absolute atomic E-state index is 5.74. The van der Waals surface area contributed by atoms with Crippen molar-refractivity contribution in [1.29, 1.82) is 0 Å². The van der Waals surface area contributed by atoms with Crippen LogP contribution in [0.5, 0.6) is 0 Å². The summed E-state index contributed by atoms with van der Waals surface area (Å²) in [7, 11) is 0. The number of imidazole rings is 1. The molecule has 0 aliphatic heterocycles. The number of anilines is 1. The fourth-order valence-corrected chi connectivity index (χ4v) is 2.14. The largest absolute Gasteiger partial charge is 0.378 e. The number of halogens is 2. The average Bonchev–Trinajstić information content (AvgIpc) is 2.80. The monoisotopic (exact) mass is 337 g/mol. The molecule has 5 nitrogen and oxygen atoms in total. The van der Waals surface area contributed by atoms with Gasteiger partial charge in [-0.3, -0.25) is 4.40 Å². The number of rotatable bonds is 3. The third-order valence-electron chi connectivity index (χ3n) is 2.64. The fourth-order valence-electron chi connectivity index (χ4n) is 1.72. The van der Waals surface area contributed by atoms with E-state index in [1.807, 2.05) is 22.9 Å². The molecule has 0 saturated heterocycles. The van der Waals surface area contributed by atoms with E-state index in [0.717, 1.165) is 21.6 Å². The quantitative estimate of drug-likeness (QED) is 0.745. The number of pyridine rings is 1. The molecule has 3 heterocycles. The lowest BCUT2D eigenvalue weighted by Gasteiger charge is -2.06. The van der Waals surface area contributed by atoms with Gasteiger partial charge in [0.2, 0.25) is 0 Å². The Morgan fingerprint density at radius 1 is 1.16 bits per heavy atom. The summed E-state index contributed by atoms with van der Waals surface area (Å²) in [5, 5.41) is 3.75. The zero-order chi connectivity index (χ0) is 13.2. The molecule has 19 heavy (non-hydrogen) atoms. The van der Waals surface area contributed by atoms with E-state index >= 15 is 0 Å². The minimum atomic E-state index is 0.482. The van der Waals surface area contributed by atoms with Gasteiger partial charge in [0.25, 0.3) is 0 Å². The number of hydrogen-bond acceptors (Lipinski definition) is 4. The number of nitrogens with zero attached hydrogens (tertiary/aromatic N) is 4. The first-order chi connectivity index (χ1) is 9.22. The summed E-state index contributed by atoms with van der Waals surface area (Å²) in [5.41, 5.74) is 2.76. The first-order valence-electron chi connectivity index (χ1n) is 5.55. The highest BCUT2D eigenvalue weighted by molar-refractivity contribution is 9.10. The maximum atomic E-state index is 5.74. The normalized spacial score (nSPS) is 10.8. The number of fused-ring (bicyclic) bond motifs is 1. The van der Waals surface area contributed by atoms with Crippen molar-refractivity contribution in [3.8, 4) is 0 Å². The number of aromatic nitrogens is 4. The lowest BCUT2D eigenvalue weighted by atomic mass is 10.4. The van der Waals surface area contributed by atoms with Crippen molar-refractivity contribution >= 4 is 38.9 Å². The summed E-state index contributed by atoms with van der Waals surface area (Å²) < 4.78 is 2.75. The van der Waals surface area contributed by atoms with E-state index in [9.17, 15) is 0 Å². The fraction of sp³-hybridized carbons (Fsp3) is 0.0833. The highest BCUT2D eigenvalue weighted by Crippen LogP contribution is 2.14. The second-order valence-electron chi connectivity index (χ2n) is 3.91. The Morgan fingerprint density at radius 2 is 2.05 bits per heavy atom. The van der Waals surface area contributed by atoms with Gasteiger partial charge in [-0.05, 0) is 28.1 Å². The van der Waals surface area contributed by atoms with Crippen molar-refractivity contribution in [2.24, 2.45) is 0 Å². The Balaban J connectivity index is 1.81. The summed E-state index contributed by atoms with van der Waals surface area (Å²) in [5.74, 6) is 0. The number of hydrogen-bond donors (Lipinski definition) is 1. The molecule has 3 aromatic heterocycles. The van der Waals surface area contributed by atoms with Crippen molar-refractivity contribution in [1.82, 2.24) is 19.4 Å². The van der Waals surface area contributed by atoms with E-state index in [0.29, 0.717) is 11.7 Å². The third kappa shape index (κ3) is 2.69. The molecule has 0 atom stereocenters. The zero-order valence-electron chi connectivity index (χ0n) is 9.72. The van der Waals surface area contributed by atoms with E-state index in [4.69, 9.17) is 11.6 Å². The van der Waals surface area contributed by atoms with Crippen LogP contribution >= 0.6 is 27.5 Å². The van der Waals surface area contributed by atoms with Crippen LogP contribution in [-0.4, -0.2) is 19.4 Å². The second kappa shape index (κ2) is 5.14. The summed E-state index contributed by atoms with van der Waals surface area (Å²) in [4.78, 5) is 12.4. The maximum Gasteiger partial charge on any atom is 0.155 e. The minimum absolute atomic E-state index is 0.482. The molecular formula is C12H9BrClN5. The standard InChI is InChI=1S/C12H9BrClN5/c13-10-7-19-9(5-18-12(19)6-16-10)4-15-8-1-2-11(14)17-3-8/h1-3,5-7,15H,4H2. The molecule has 0 spiro atoms. The molecule has 0 aliphatic carbocycles. The lowest BCUT2D eigenvalue weighted by Crippen LogP contribution is -2.03. The summed E-state index contributed by atoms with van der Waals surface area (Å²) in [6.45, 7) is 0.640. The summed E-state index contributed by atoms with van der Waals surface area (Å²) in [6.07, 6.45) is 7.12. The predicted octanol–water partition coefficient (Wildman–Crippen LogP) is 3.15. The molecule has 0 radical (unpaired) electrons. The Hall–Kier alpha value is -1.66. The lowest BCUT2D eigenvalue weighted by molar-refractivity contribution is 0.982. The zero-order valence-corrected chi connectivity index (χ0v) is 12.1. The molecule has 0 aromatic carbocycles. The molecular weight excluding hydrogens is 330 g/mol. The molecule has 96 valence electrons. The molecule has 1 N–H and O–H groups in total. The van der Waals surface area contributed by atoms with Gasteiger partial charge in [-0.1, -0.05) is 11.6 Å². The van der Waals surface area contributed by atoms with Gasteiger partial charge in [0.05, 0.1) is 36.5 Å². The van der Waals surface area contributed by atoms with Crippen molar-refractivity contribution in [2.75, 3.05) is 5.32 Å². The molecule has 7 heteroatoms. The van der Waals surface area contributed by atoms with Crippen LogP contribution in [0, 0.1) is 0 Å². The van der Waals surface area contributed by atoms with Crippen LogP contribution in [0.1, 0.15) is 5.69 Å². The first kappa shape index (κ1) is 12.4. The molecule has 3 aromatic rings. The van der Waals surface area contributed by atoms with Crippen LogP contribution in [0.15, 0.2) is 41.5 Å². The van der Waals surface area contributed by atoms with E-state index in [1.165, 1.54) is 0 Å². The van der Waals surface area contributed by atoms with Gasteiger partial charge in [0.15, 0.2) is 5.65 Å². The molecule has 0 aliphatic rings. The van der Waals surface area contributed by atoms with Gasteiger partial charge in [0.1, 0.15) is 9.76 Å². The van der Waals surface area contributed by atoms with Crippen LogP contribution in [0.3, 0.4) is 0 Å². The van der Waals surface area contributed by atoms with Crippen molar-refractivity contribution in [3.63, 3.8) is 0 Å². The molecule has 3 rings (SSSR count). The van der Waals surface area contributed by atoms with Gasteiger partial charge in [-0.15, -0.1) is 0 Å². The predicted molar refractivity (Wildman–Crippen MR) is 77.3 cm³/mol. The molecule has 0 amide bonds. The van der Waals surface area contributed by atoms with E-state index in [-0.39, 0.29) is 0 Å². The van der Waals surface area contributed by atoms with Crippen LogP contribution < -0.4 is 5.32 Å². The summed E-state index contributed by atoms with van der Waals surface area (Å²) >= 11 is 9.09. The molecule has 0 fully saturated rings. The third-order valence-corrected chi connectivity index (χ3v) is 3.28. The number of nitrogens with one attached hydrogen (secondary N) is 1. The van der Waals surface area contributed by atoms with E-state index in [1.54, 1.807) is 18.5 Å². The smallest absolute Gasteiger partial charge is 0.155 e. The SMILES string of the molecule is Clc1ccc(NCc2cnc3cnc(Br)cn23)cn1. The Bertz CT molecular complexity index is 710. The Kier molecular flexibility index (Phi) is 3.35. The highest BCUT2D eigenvalue weighted by atomic mass is 79.9. The van der Waals surface area contributed by atoms with Crippen LogP contribution in [0.4, 0.5) is 5.69 Å². The highest BCUT2D eigenvalue weighted by Gasteiger charge is 2.04. The van der Waals surface area contributed by atoms with Gasteiger partial charge < -0.3 is 5.32 Å². The van der Waals surface area contributed by atoms with Crippen molar-refractivity contribution in [2.45, 2.75) is 6.54 Å². The minimum Gasteiger partial charge on any atom is -0.378 e. The first-order valence-corrected chi connectivity index (χ1v) is 6.72. The van der Waals surface area contributed by atoms with E-state index < -0.39 is 0 Å². The van der Waals surface area contributed by atoms with Crippen LogP contribution in [-0.2, 0) is 6.54 Å². The topological polar surface area (TPSA) is 55.1 Å². The second-order valence-corrected chi connectivity index (χ2v) is 5.11. The van der Waals surface area contributed by atoms with Crippen LogP contribution in [0.25, 0.3) is 5.65 Å². The molecule has 0 unspecified atom stereocenters. The average molecular weight is 339 g/mol. The van der Waals surface area contributed by atoms with Gasteiger partial charge in [-0.25, -0.2) is 15.0 Å². The molecule has 0 bridgehead atoms. The van der Waals surface area contributed by atoms with Gasteiger partial charge in [0, 0.05) is 6.20 Å². The van der Waals surface area contributed by atoms with Gasteiger partial charge in [-0.2, -0.15) is 0 Å². The summed E-state index contributed by atoms with van der Waals surface area (Å²) in [6, 6.07) is 3.63. The molecule has 0 saturated carbocycles. The van der Waals surface area contributed by atoms with Crippen LogP contribution in [0.2, 0.25) is 5.15 Å².